The lowest BCUT2D eigenvalue weighted by Gasteiger charge is -2.19. The molecule has 1 saturated heterocycles. The summed E-state index contributed by atoms with van der Waals surface area (Å²) in [5.74, 6) is -0.657. The predicted molar refractivity (Wildman–Crippen MR) is 100 cm³/mol. The fourth-order valence-corrected chi connectivity index (χ4v) is 3.23. The number of nitrogens with zero attached hydrogens (tertiary/aromatic N) is 1. The van der Waals surface area contributed by atoms with Gasteiger partial charge in [0.25, 0.3) is 5.91 Å². The van der Waals surface area contributed by atoms with E-state index in [1.165, 1.54) is 18.2 Å². The Hall–Kier alpha value is -2.67. The normalized spacial score (nSPS) is 16.4. The Kier molecular flexibility index (Phi) is 6.24. The van der Waals surface area contributed by atoms with Crippen molar-refractivity contribution < 1.29 is 18.3 Å². The van der Waals surface area contributed by atoms with E-state index in [2.05, 4.69) is 5.32 Å². The van der Waals surface area contributed by atoms with Gasteiger partial charge in [0, 0.05) is 26.2 Å². The number of carbonyl (C=O) groups excluding carboxylic acids is 1. The first-order valence-electron chi connectivity index (χ1n) is 8.98. The molecule has 144 valence electrons. The van der Waals surface area contributed by atoms with E-state index in [9.17, 15) is 13.6 Å². The minimum Gasteiger partial charge on any atom is -0.491 e. The van der Waals surface area contributed by atoms with Crippen LogP contribution in [-0.4, -0.2) is 38.7 Å². The maximum absolute atomic E-state index is 13.9. The van der Waals surface area contributed by atoms with Crippen LogP contribution in [0.1, 0.15) is 16.8 Å². The van der Waals surface area contributed by atoms with Gasteiger partial charge in [0.15, 0.2) is 0 Å². The molecule has 0 radical (unpaired) electrons. The molecule has 0 spiro atoms. The fourth-order valence-electron chi connectivity index (χ4n) is 3.23. The number of ether oxygens (including phenoxy) is 1. The van der Waals surface area contributed by atoms with Gasteiger partial charge in [0.2, 0.25) is 0 Å². The molecule has 1 heterocycles. The quantitative estimate of drug-likeness (QED) is 0.781. The number of nitrogens with two attached hydrogens (primary N) is 1. The highest BCUT2D eigenvalue weighted by molar-refractivity contribution is 5.96. The fraction of sp³-hybridized carbons (Fsp3) is 0.350. The highest BCUT2D eigenvalue weighted by Gasteiger charge is 2.25. The van der Waals surface area contributed by atoms with Crippen molar-refractivity contribution in [3.05, 3.63) is 59.7 Å². The van der Waals surface area contributed by atoms with Crippen LogP contribution >= 0.6 is 0 Å². The average Bonchev–Trinajstić information content (AvgIpc) is 3.14. The van der Waals surface area contributed by atoms with Gasteiger partial charge in [-0.05, 0) is 42.7 Å². The van der Waals surface area contributed by atoms with Gasteiger partial charge in [-0.1, -0.05) is 12.1 Å². The smallest absolute Gasteiger partial charge is 0.255 e. The number of para-hydroxylation sites is 1. The minimum atomic E-state index is -0.508. The summed E-state index contributed by atoms with van der Waals surface area (Å²) in [5.41, 5.74) is 6.14. The lowest BCUT2D eigenvalue weighted by Crippen LogP contribution is -2.31. The first kappa shape index (κ1) is 19.1. The van der Waals surface area contributed by atoms with Crippen LogP contribution < -0.4 is 20.7 Å². The van der Waals surface area contributed by atoms with E-state index in [0.29, 0.717) is 31.1 Å². The monoisotopic (exact) mass is 375 g/mol. The van der Waals surface area contributed by atoms with Crippen molar-refractivity contribution in [1.29, 1.82) is 0 Å². The van der Waals surface area contributed by atoms with Gasteiger partial charge in [-0.25, -0.2) is 8.78 Å². The lowest BCUT2D eigenvalue weighted by atomic mass is 10.1. The van der Waals surface area contributed by atoms with E-state index in [1.807, 2.05) is 4.90 Å². The molecule has 7 heteroatoms. The van der Waals surface area contributed by atoms with E-state index in [4.69, 9.17) is 10.5 Å². The third-order valence-electron chi connectivity index (χ3n) is 4.59. The number of hydrogen-bond donors (Lipinski definition) is 2. The van der Waals surface area contributed by atoms with Crippen LogP contribution in [0.5, 0.6) is 5.75 Å². The summed E-state index contributed by atoms with van der Waals surface area (Å²) in [6.07, 6.45) is 0.842. The molecule has 2 aromatic rings. The average molecular weight is 375 g/mol. The summed E-state index contributed by atoms with van der Waals surface area (Å²) < 4.78 is 32.9. The Morgan fingerprint density at radius 2 is 2.07 bits per heavy atom. The molecule has 5 nitrogen and oxygen atoms in total. The molecule has 1 aliphatic rings. The Balaban J connectivity index is 1.59. The van der Waals surface area contributed by atoms with E-state index < -0.39 is 11.7 Å². The van der Waals surface area contributed by atoms with E-state index in [1.54, 1.807) is 18.2 Å². The number of amides is 1. The maximum atomic E-state index is 13.9. The molecule has 2 aromatic carbocycles. The third kappa shape index (κ3) is 4.74. The molecule has 27 heavy (non-hydrogen) atoms. The Bertz CT molecular complexity index is 801. The summed E-state index contributed by atoms with van der Waals surface area (Å²) in [7, 11) is 0. The van der Waals surface area contributed by atoms with Gasteiger partial charge in [-0.15, -0.1) is 0 Å². The van der Waals surface area contributed by atoms with Gasteiger partial charge in [-0.3, -0.25) is 4.79 Å². The van der Waals surface area contributed by atoms with Crippen LogP contribution in [0.25, 0.3) is 0 Å². The van der Waals surface area contributed by atoms with Crippen LogP contribution in [0.2, 0.25) is 0 Å². The van der Waals surface area contributed by atoms with Crippen LogP contribution in [0.3, 0.4) is 0 Å². The zero-order chi connectivity index (χ0) is 19.2. The molecular formula is C20H23F2N3O2. The SMILES string of the molecule is NCCOc1ccc(F)cc1C(=O)NC[C@@H]1CCN(c2ccccc2F)C1. The van der Waals surface area contributed by atoms with Crippen molar-refractivity contribution in [2.75, 3.05) is 37.7 Å². The molecule has 1 atom stereocenters. The molecule has 0 bridgehead atoms. The second-order valence-electron chi connectivity index (χ2n) is 6.54. The molecule has 0 unspecified atom stereocenters. The first-order chi connectivity index (χ1) is 13.1. The van der Waals surface area contributed by atoms with Crippen molar-refractivity contribution in [1.82, 2.24) is 5.32 Å². The molecular weight excluding hydrogens is 352 g/mol. The summed E-state index contributed by atoms with van der Waals surface area (Å²) in [5, 5.41) is 2.83. The summed E-state index contributed by atoms with van der Waals surface area (Å²) in [6.45, 7) is 2.35. The molecule has 0 aromatic heterocycles. The standard InChI is InChI=1S/C20H23F2N3O2/c21-15-5-6-19(27-10-8-23)16(11-15)20(26)24-12-14-7-9-25(13-14)18-4-2-1-3-17(18)22/h1-6,11,14H,7-10,12-13,23H2,(H,24,26)/t14-/m0/s1. The van der Waals surface area contributed by atoms with E-state index in [-0.39, 0.29) is 23.9 Å². The van der Waals surface area contributed by atoms with Crippen LogP contribution in [0, 0.1) is 17.6 Å². The summed E-state index contributed by atoms with van der Waals surface area (Å²) >= 11 is 0. The van der Waals surface area contributed by atoms with Crippen molar-refractivity contribution in [3.63, 3.8) is 0 Å². The number of benzene rings is 2. The number of hydrogen-bond acceptors (Lipinski definition) is 4. The van der Waals surface area contributed by atoms with Gasteiger partial charge >= 0.3 is 0 Å². The molecule has 3 N–H and O–H groups in total. The Morgan fingerprint density at radius 1 is 1.26 bits per heavy atom. The molecule has 3 rings (SSSR count). The number of halogens is 2. The first-order valence-corrected chi connectivity index (χ1v) is 8.98. The van der Waals surface area contributed by atoms with Crippen molar-refractivity contribution in [3.8, 4) is 5.75 Å². The minimum absolute atomic E-state index is 0.146. The van der Waals surface area contributed by atoms with Crippen molar-refractivity contribution >= 4 is 11.6 Å². The highest BCUT2D eigenvalue weighted by Crippen LogP contribution is 2.26. The van der Waals surface area contributed by atoms with Gasteiger partial charge < -0.3 is 20.7 Å². The zero-order valence-electron chi connectivity index (χ0n) is 15.0. The maximum Gasteiger partial charge on any atom is 0.255 e. The Morgan fingerprint density at radius 3 is 2.85 bits per heavy atom. The molecule has 1 aliphatic heterocycles. The molecule has 1 fully saturated rings. The van der Waals surface area contributed by atoms with Crippen LogP contribution in [-0.2, 0) is 0 Å². The van der Waals surface area contributed by atoms with Gasteiger partial charge in [-0.2, -0.15) is 0 Å². The van der Waals surface area contributed by atoms with Crippen molar-refractivity contribution in [2.45, 2.75) is 6.42 Å². The van der Waals surface area contributed by atoms with E-state index in [0.717, 1.165) is 19.0 Å². The number of carbonyl (C=O) groups is 1. The molecule has 0 aliphatic carbocycles. The summed E-state index contributed by atoms with van der Waals surface area (Å²) in [4.78, 5) is 14.5. The second kappa shape index (κ2) is 8.81. The largest absolute Gasteiger partial charge is 0.491 e. The highest BCUT2D eigenvalue weighted by atomic mass is 19.1. The lowest BCUT2D eigenvalue weighted by molar-refractivity contribution is 0.0943. The topological polar surface area (TPSA) is 67.6 Å². The van der Waals surface area contributed by atoms with Crippen molar-refractivity contribution in [2.24, 2.45) is 11.7 Å². The van der Waals surface area contributed by atoms with Gasteiger partial charge in [0.1, 0.15) is 24.0 Å². The third-order valence-corrected chi connectivity index (χ3v) is 4.59. The molecule has 0 saturated carbocycles. The Labute approximate surface area is 157 Å². The van der Waals surface area contributed by atoms with Crippen LogP contribution in [0.4, 0.5) is 14.5 Å². The summed E-state index contributed by atoms with van der Waals surface area (Å²) in [6, 6.07) is 10.5. The number of nitrogens with one attached hydrogen (secondary N) is 1. The number of anilines is 1. The number of rotatable bonds is 7. The van der Waals surface area contributed by atoms with E-state index >= 15 is 0 Å². The predicted octanol–water partition coefficient (Wildman–Crippen LogP) is 2.56. The van der Waals surface area contributed by atoms with Crippen LogP contribution in [0.15, 0.2) is 42.5 Å². The zero-order valence-corrected chi connectivity index (χ0v) is 15.0. The second-order valence-corrected chi connectivity index (χ2v) is 6.54. The van der Waals surface area contributed by atoms with Gasteiger partial charge in [0.05, 0.1) is 11.3 Å². The molecule has 1 amide bonds.